The summed E-state index contributed by atoms with van der Waals surface area (Å²) in [6.45, 7) is 4.95. The zero-order valence-electron chi connectivity index (χ0n) is 12.7. The summed E-state index contributed by atoms with van der Waals surface area (Å²) < 4.78 is 4.69. The van der Waals surface area contributed by atoms with Gasteiger partial charge in [0, 0.05) is 12.3 Å². The average Bonchev–Trinajstić information content (AvgIpc) is 2.45. The van der Waals surface area contributed by atoms with Gasteiger partial charge in [0.15, 0.2) is 11.6 Å². The predicted octanol–water partition coefficient (Wildman–Crippen LogP) is 1.35. The molecule has 0 aromatic carbocycles. The molecule has 0 amide bonds. The molecule has 0 aromatic heterocycles. The van der Waals surface area contributed by atoms with Crippen LogP contribution in [0.25, 0.3) is 0 Å². The van der Waals surface area contributed by atoms with Gasteiger partial charge in [-0.25, -0.2) is 0 Å². The van der Waals surface area contributed by atoms with Crippen molar-refractivity contribution in [2.45, 2.75) is 39.2 Å². The zero-order valence-corrected chi connectivity index (χ0v) is 12.7. The fourth-order valence-electron chi connectivity index (χ4n) is 3.52. The lowest BCUT2D eigenvalue weighted by Crippen LogP contribution is -2.63. The van der Waals surface area contributed by atoms with Gasteiger partial charge in [-0.3, -0.25) is 14.4 Å². The molecule has 21 heavy (non-hydrogen) atoms. The van der Waals surface area contributed by atoms with Gasteiger partial charge in [0.25, 0.3) is 0 Å². The first-order valence-corrected chi connectivity index (χ1v) is 6.92. The minimum absolute atomic E-state index is 0.0378. The van der Waals surface area contributed by atoms with Gasteiger partial charge in [-0.1, -0.05) is 11.6 Å². The lowest BCUT2D eigenvalue weighted by atomic mass is 9.52. The largest absolute Gasteiger partial charge is 0.469 e. The van der Waals surface area contributed by atoms with E-state index < -0.39 is 28.7 Å². The molecule has 0 saturated carbocycles. The van der Waals surface area contributed by atoms with Crippen molar-refractivity contribution in [3.63, 3.8) is 0 Å². The number of ketones is 2. The summed E-state index contributed by atoms with van der Waals surface area (Å²) in [5, 5.41) is 10.9. The van der Waals surface area contributed by atoms with Crippen molar-refractivity contribution >= 4 is 17.5 Å². The van der Waals surface area contributed by atoms with Gasteiger partial charge in [0.2, 0.25) is 0 Å². The molecule has 0 bridgehead atoms. The minimum atomic E-state index is -1.79. The molecule has 2 aliphatic rings. The van der Waals surface area contributed by atoms with Gasteiger partial charge in [0.05, 0.1) is 18.9 Å². The molecule has 5 nitrogen and oxygen atoms in total. The molecule has 0 radical (unpaired) electrons. The number of ether oxygens (including phenoxy) is 1. The van der Waals surface area contributed by atoms with E-state index >= 15 is 0 Å². The highest BCUT2D eigenvalue weighted by Crippen LogP contribution is 2.53. The Morgan fingerprint density at radius 3 is 2.62 bits per heavy atom. The van der Waals surface area contributed by atoms with Crippen LogP contribution in [-0.2, 0) is 19.1 Å². The fraction of sp³-hybridized carbons (Fsp3) is 0.562. The van der Waals surface area contributed by atoms with E-state index in [4.69, 9.17) is 0 Å². The van der Waals surface area contributed by atoms with Gasteiger partial charge >= 0.3 is 5.97 Å². The van der Waals surface area contributed by atoms with Crippen LogP contribution in [0.4, 0.5) is 0 Å². The number of allylic oxidation sites excluding steroid dienone is 2. The van der Waals surface area contributed by atoms with E-state index in [1.807, 2.05) is 6.92 Å². The van der Waals surface area contributed by atoms with Crippen LogP contribution in [0.2, 0.25) is 0 Å². The third kappa shape index (κ3) is 1.99. The number of fused-ring (bicyclic) bond motifs is 1. The SMILES string of the molecule is COC(=O)C[C@H]1C(C)=CC[C@]2(O)C(=O)C=C(C)C(=O)[C@@]12C. The lowest BCUT2D eigenvalue weighted by Gasteiger charge is -2.51. The summed E-state index contributed by atoms with van der Waals surface area (Å²) in [7, 11) is 1.28. The molecule has 114 valence electrons. The first-order chi connectivity index (χ1) is 9.68. The molecule has 2 aliphatic carbocycles. The number of hydrogen-bond acceptors (Lipinski definition) is 5. The highest BCUT2D eigenvalue weighted by Gasteiger charge is 2.63. The molecule has 5 heteroatoms. The summed E-state index contributed by atoms with van der Waals surface area (Å²) >= 11 is 0. The van der Waals surface area contributed by atoms with Crippen LogP contribution >= 0.6 is 0 Å². The van der Waals surface area contributed by atoms with E-state index in [1.54, 1.807) is 19.9 Å². The number of carbonyl (C=O) groups excluding carboxylic acids is 3. The van der Waals surface area contributed by atoms with E-state index in [1.165, 1.54) is 13.2 Å². The highest BCUT2D eigenvalue weighted by molar-refractivity contribution is 6.16. The highest BCUT2D eigenvalue weighted by atomic mass is 16.5. The number of rotatable bonds is 2. The molecule has 0 heterocycles. The van der Waals surface area contributed by atoms with Crippen LogP contribution in [-0.4, -0.2) is 35.4 Å². The number of hydrogen-bond donors (Lipinski definition) is 1. The van der Waals surface area contributed by atoms with Crippen LogP contribution in [0.1, 0.15) is 33.6 Å². The van der Waals surface area contributed by atoms with Crippen LogP contribution in [0.5, 0.6) is 0 Å². The first kappa shape index (κ1) is 15.6. The number of methoxy groups -OCH3 is 1. The van der Waals surface area contributed by atoms with E-state index in [9.17, 15) is 19.5 Å². The maximum absolute atomic E-state index is 12.7. The molecule has 0 aromatic rings. The minimum Gasteiger partial charge on any atom is -0.469 e. The van der Waals surface area contributed by atoms with Crippen LogP contribution < -0.4 is 0 Å². The quantitative estimate of drug-likeness (QED) is 0.614. The van der Waals surface area contributed by atoms with Gasteiger partial charge in [-0.2, -0.15) is 0 Å². The van der Waals surface area contributed by atoms with Crippen molar-refractivity contribution < 1.29 is 24.2 Å². The van der Waals surface area contributed by atoms with Crippen molar-refractivity contribution in [2.75, 3.05) is 7.11 Å². The fourth-order valence-corrected chi connectivity index (χ4v) is 3.52. The van der Waals surface area contributed by atoms with Crippen molar-refractivity contribution in [1.82, 2.24) is 0 Å². The molecule has 0 saturated heterocycles. The molecular formula is C16H20O5. The zero-order chi connectivity index (χ0) is 16.0. The molecule has 1 N–H and O–H groups in total. The van der Waals surface area contributed by atoms with Gasteiger partial charge < -0.3 is 9.84 Å². The van der Waals surface area contributed by atoms with Crippen molar-refractivity contribution in [2.24, 2.45) is 11.3 Å². The Morgan fingerprint density at radius 2 is 2.05 bits per heavy atom. The monoisotopic (exact) mass is 292 g/mol. The summed E-state index contributed by atoms with van der Waals surface area (Å²) in [4.78, 5) is 36.7. The molecular weight excluding hydrogens is 272 g/mol. The van der Waals surface area contributed by atoms with E-state index in [0.29, 0.717) is 5.57 Å². The predicted molar refractivity (Wildman–Crippen MR) is 75.3 cm³/mol. The van der Waals surface area contributed by atoms with Crippen molar-refractivity contribution in [1.29, 1.82) is 0 Å². The summed E-state index contributed by atoms with van der Waals surface area (Å²) in [6.07, 6.45) is 2.98. The number of carbonyl (C=O) groups is 3. The Labute approximate surface area is 123 Å². The molecule has 0 aliphatic heterocycles. The van der Waals surface area contributed by atoms with Crippen molar-refractivity contribution in [3.8, 4) is 0 Å². The molecule has 0 fully saturated rings. The summed E-state index contributed by atoms with van der Waals surface area (Å²) in [5.41, 5.74) is -1.99. The van der Waals surface area contributed by atoms with Crippen LogP contribution in [0, 0.1) is 11.3 Å². The molecule has 0 spiro atoms. The second-order valence-corrected chi connectivity index (χ2v) is 6.07. The molecule has 2 rings (SSSR count). The third-order valence-electron chi connectivity index (χ3n) is 5.01. The van der Waals surface area contributed by atoms with Gasteiger partial charge in [-0.15, -0.1) is 0 Å². The number of Topliss-reactive ketones (excluding diaryl/α,β-unsaturated/α-hetero) is 1. The second-order valence-electron chi connectivity index (χ2n) is 6.07. The smallest absolute Gasteiger partial charge is 0.306 e. The van der Waals surface area contributed by atoms with Gasteiger partial charge in [0.1, 0.15) is 5.60 Å². The average molecular weight is 292 g/mol. The topological polar surface area (TPSA) is 80.7 Å². The lowest BCUT2D eigenvalue weighted by molar-refractivity contribution is -0.168. The van der Waals surface area contributed by atoms with Gasteiger partial charge in [-0.05, 0) is 32.4 Å². The normalized spacial score (nSPS) is 35.8. The van der Waals surface area contributed by atoms with Crippen LogP contribution in [0.3, 0.4) is 0 Å². The number of aliphatic hydroxyl groups is 1. The van der Waals surface area contributed by atoms with Crippen molar-refractivity contribution in [3.05, 3.63) is 23.3 Å². The molecule has 3 atom stereocenters. The Hall–Kier alpha value is -1.75. The standard InChI is InChI=1S/C16H20O5/c1-9-5-6-16(20)12(17)7-10(2)14(19)15(16,3)11(9)8-13(18)21-4/h5,7,11,20H,6,8H2,1-4H3/t11-,15+,16-/m0/s1. The second kappa shape index (κ2) is 4.91. The Bertz CT molecular complexity index is 585. The summed E-state index contributed by atoms with van der Waals surface area (Å²) in [5.74, 6) is -1.78. The van der Waals surface area contributed by atoms with Crippen LogP contribution in [0.15, 0.2) is 23.3 Å². The first-order valence-electron chi connectivity index (χ1n) is 6.92. The Balaban J connectivity index is 2.60. The maximum Gasteiger partial charge on any atom is 0.306 e. The van der Waals surface area contributed by atoms with E-state index in [-0.39, 0.29) is 18.6 Å². The summed E-state index contributed by atoms with van der Waals surface area (Å²) in [6, 6.07) is 0. The molecule has 0 unspecified atom stereocenters. The Morgan fingerprint density at radius 1 is 1.43 bits per heavy atom. The van der Waals surface area contributed by atoms with E-state index in [0.717, 1.165) is 5.57 Å². The maximum atomic E-state index is 12.7. The Kier molecular flexibility index (Phi) is 3.66. The number of esters is 1. The van der Waals surface area contributed by atoms with E-state index in [2.05, 4.69) is 4.74 Å². The third-order valence-corrected chi connectivity index (χ3v) is 5.01.